The molecular formula is C17H20N2O2. The minimum absolute atomic E-state index is 0.0432. The highest BCUT2D eigenvalue weighted by Gasteiger charge is 2.41. The second kappa shape index (κ2) is 4.88. The van der Waals surface area contributed by atoms with Crippen LogP contribution in [-0.4, -0.2) is 37.0 Å². The van der Waals surface area contributed by atoms with E-state index >= 15 is 0 Å². The number of benzene rings is 1. The van der Waals surface area contributed by atoms with Crippen molar-refractivity contribution < 1.29 is 9.21 Å². The van der Waals surface area contributed by atoms with Crippen molar-refractivity contribution in [1.29, 1.82) is 0 Å². The minimum Gasteiger partial charge on any atom is -0.451 e. The number of piperidine rings is 1. The van der Waals surface area contributed by atoms with E-state index in [9.17, 15) is 4.79 Å². The van der Waals surface area contributed by atoms with Crippen LogP contribution in [0.3, 0.4) is 0 Å². The van der Waals surface area contributed by atoms with Crippen LogP contribution in [0, 0.1) is 5.41 Å². The second-order valence-corrected chi connectivity index (χ2v) is 6.38. The number of nitrogens with one attached hydrogen (secondary N) is 1. The van der Waals surface area contributed by atoms with Gasteiger partial charge in [0.25, 0.3) is 5.91 Å². The lowest BCUT2D eigenvalue weighted by molar-refractivity contribution is 0.0733. The average Bonchev–Trinajstić information content (AvgIpc) is 3.12. The number of likely N-dealkylation sites (tertiary alicyclic amines) is 1. The van der Waals surface area contributed by atoms with Crippen molar-refractivity contribution in [1.82, 2.24) is 10.2 Å². The highest BCUT2D eigenvalue weighted by Crippen LogP contribution is 2.39. The Bertz CT molecular complexity index is 637. The number of carbonyl (C=O) groups is 1. The summed E-state index contributed by atoms with van der Waals surface area (Å²) in [6.07, 6.45) is 3.48. The van der Waals surface area contributed by atoms with Crippen LogP contribution in [0.4, 0.5) is 0 Å². The molecule has 4 heteroatoms. The van der Waals surface area contributed by atoms with Gasteiger partial charge in [-0.3, -0.25) is 4.79 Å². The number of hydrogen-bond acceptors (Lipinski definition) is 3. The Morgan fingerprint density at radius 2 is 2.00 bits per heavy atom. The third-order valence-corrected chi connectivity index (χ3v) is 5.03. The molecule has 1 spiro atoms. The summed E-state index contributed by atoms with van der Waals surface area (Å²) in [4.78, 5) is 14.6. The molecule has 1 aromatic carbocycles. The monoisotopic (exact) mass is 284 g/mol. The lowest BCUT2D eigenvalue weighted by Crippen LogP contribution is -2.39. The van der Waals surface area contributed by atoms with Gasteiger partial charge in [0.15, 0.2) is 5.76 Å². The standard InChI is InChI=1S/C17H20N2O2/c20-16(15-11-13-3-1-2-4-14(13)21-15)19-10-7-17(12-19)5-8-18-9-6-17/h1-4,11,18H,5-10,12H2. The van der Waals surface area contributed by atoms with Crippen LogP contribution >= 0.6 is 0 Å². The summed E-state index contributed by atoms with van der Waals surface area (Å²) >= 11 is 0. The fourth-order valence-electron chi connectivity index (χ4n) is 3.72. The molecule has 110 valence electrons. The topological polar surface area (TPSA) is 45.5 Å². The fraction of sp³-hybridized carbons (Fsp3) is 0.471. The molecule has 1 amide bonds. The van der Waals surface area contributed by atoms with Gasteiger partial charge in [0.1, 0.15) is 5.58 Å². The Labute approximate surface area is 124 Å². The van der Waals surface area contributed by atoms with Crippen molar-refractivity contribution in [3.63, 3.8) is 0 Å². The van der Waals surface area contributed by atoms with Crippen LogP contribution in [0.25, 0.3) is 11.0 Å². The first-order chi connectivity index (χ1) is 10.3. The first-order valence-electron chi connectivity index (χ1n) is 7.74. The van der Waals surface area contributed by atoms with Gasteiger partial charge in [0.2, 0.25) is 0 Å². The smallest absolute Gasteiger partial charge is 0.289 e. The predicted octanol–water partition coefficient (Wildman–Crippen LogP) is 2.65. The number of nitrogens with zero attached hydrogens (tertiary/aromatic N) is 1. The minimum atomic E-state index is 0.0432. The molecule has 0 radical (unpaired) electrons. The molecule has 2 saturated heterocycles. The third kappa shape index (κ3) is 2.23. The van der Waals surface area contributed by atoms with E-state index in [1.165, 1.54) is 12.8 Å². The van der Waals surface area contributed by atoms with Gasteiger partial charge in [-0.1, -0.05) is 18.2 Å². The van der Waals surface area contributed by atoms with E-state index in [0.29, 0.717) is 11.2 Å². The van der Waals surface area contributed by atoms with Gasteiger partial charge in [-0.05, 0) is 49.9 Å². The molecule has 0 unspecified atom stereocenters. The van der Waals surface area contributed by atoms with Crippen LogP contribution < -0.4 is 5.32 Å². The molecule has 0 atom stereocenters. The average molecular weight is 284 g/mol. The lowest BCUT2D eigenvalue weighted by atomic mass is 9.78. The van der Waals surface area contributed by atoms with Crippen molar-refractivity contribution in [2.24, 2.45) is 5.41 Å². The molecule has 3 heterocycles. The molecule has 2 aliphatic heterocycles. The molecule has 0 bridgehead atoms. The predicted molar refractivity (Wildman–Crippen MR) is 81.3 cm³/mol. The Kier molecular flexibility index (Phi) is 3.00. The molecule has 1 aromatic heterocycles. The summed E-state index contributed by atoms with van der Waals surface area (Å²) in [6, 6.07) is 9.65. The summed E-state index contributed by atoms with van der Waals surface area (Å²) in [7, 11) is 0. The quantitative estimate of drug-likeness (QED) is 0.875. The van der Waals surface area contributed by atoms with Crippen LogP contribution in [0.15, 0.2) is 34.7 Å². The molecule has 2 fully saturated rings. The van der Waals surface area contributed by atoms with Gasteiger partial charge in [-0.15, -0.1) is 0 Å². The highest BCUT2D eigenvalue weighted by molar-refractivity contribution is 5.96. The van der Waals surface area contributed by atoms with Gasteiger partial charge >= 0.3 is 0 Å². The van der Waals surface area contributed by atoms with Gasteiger partial charge < -0.3 is 14.6 Å². The van der Waals surface area contributed by atoms with Crippen molar-refractivity contribution in [3.8, 4) is 0 Å². The molecule has 2 aromatic rings. The molecular weight excluding hydrogens is 264 g/mol. The summed E-state index contributed by atoms with van der Waals surface area (Å²) in [5.41, 5.74) is 1.13. The molecule has 1 N–H and O–H groups in total. The summed E-state index contributed by atoms with van der Waals surface area (Å²) in [6.45, 7) is 3.89. The van der Waals surface area contributed by atoms with Crippen LogP contribution in [0.1, 0.15) is 29.8 Å². The normalized spacial score (nSPS) is 21.2. The van der Waals surface area contributed by atoms with E-state index in [1.807, 2.05) is 35.2 Å². The van der Waals surface area contributed by atoms with E-state index in [0.717, 1.165) is 43.6 Å². The van der Waals surface area contributed by atoms with Crippen molar-refractivity contribution in [2.45, 2.75) is 19.3 Å². The maximum absolute atomic E-state index is 12.7. The second-order valence-electron chi connectivity index (χ2n) is 6.38. The van der Waals surface area contributed by atoms with Gasteiger partial charge in [-0.2, -0.15) is 0 Å². The van der Waals surface area contributed by atoms with E-state index in [-0.39, 0.29) is 5.91 Å². The van der Waals surface area contributed by atoms with Crippen molar-refractivity contribution in [3.05, 3.63) is 36.1 Å². The van der Waals surface area contributed by atoms with Crippen LogP contribution in [0.2, 0.25) is 0 Å². The van der Waals surface area contributed by atoms with Crippen LogP contribution in [0.5, 0.6) is 0 Å². The van der Waals surface area contributed by atoms with Gasteiger partial charge in [0, 0.05) is 18.5 Å². The first-order valence-corrected chi connectivity index (χ1v) is 7.74. The molecule has 0 aliphatic carbocycles. The third-order valence-electron chi connectivity index (χ3n) is 5.03. The number of hydrogen-bond donors (Lipinski definition) is 1. The molecule has 4 nitrogen and oxygen atoms in total. The SMILES string of the molecule is O=C(c1cc2ccccc2o1)N1CCC2(CCNCC2)C1. The molecule has 0 saturated carbocycles. The number of rotatable bonds is 1. The lowest BCUT2D eigenvalue weighted by Gasteiger charge is -2.33. The van der Waals surface area contributed by atoms with E-state index in [1.54, 1.807) is 0 Å². The maximum Gasteiger partial charge on any atom is 0.289 e. The van der Waals surface area contributed by atoms with E-state index in [4.69, 9.17) is 4.42 Å². The number of furan rings is 1. The molecule has 2 aliphatic rings. The number of fused-ring (bicyclic) bond motifs is 1. The zero-order valence-electron chi connectivity index (χ0n) is 12.1. The number of para-hydroxylation sites is 1. The van der Waals surface area contributed by atoms with E-state index in [2.05, 4.69) is 5.32 Å². The van der Waals surface area contributed by atoms with Crippen molar-refractivity contribution in [2.75, 3.05) is 26.2 Å². The Hall–Kier alpha value is -1.81. The Morgan fingerprint density at radius 1 is 1.19 bits per heavy atom. The molecule has 21 heavy (non-hydrogen) atoms. The highest BCUT2D eigenvalue weighted by atomic mass is 16.3. The van der Waals surface area contributed by atoms with Gasteiger partial charge in [0.05, 0.1) is 0 Å². The summed E-state index contributed by atoms with van der Waals surface area (Å²) < 4.78 is 5.71. The maximum atomic E-state index is 12.7. The Balaban J connectivity index is 1.55. The van der Waals surface area contributed by atoms with Crippen molar-refractivity contribution >= 4 is 16.9 Å². The summed E-state index contributed by atoms with van der Waals surface area (Å²) in [5, 5.41) is 4.40. The van der Waals surface area contributed by atoms with E-state index < -0.39 is 0 Å². The summed E-state index contributed by atoms with van der Waals surface area (Å²) in [5.74, 6) is 0.517. The zero-order valence-corrected chi connectivity index (χ0v) is 12.1. The number of amides is 1. The van der Waals surface area contributed by atoms with Crippen LogP contribution in [-0.2, 0) is 0 Å². The first kappa shape index (κ1) is 12.9. The Morgan fingerprint density at radius 3 is 2.81 bits per heavy atom. The molecule has 4 rings (SSSR count). The largest absolute Gasteiger partial charge is 0.451 e. The zero-order chi connectivity index (χ0) is 14.3. The van der Waals surface area contributed by atoms with Gasteiger partial charge in [-0.25, -0.2) is 0 Å². The number of carbonyl (C=O) groups excluding carboxylic acids is 1. The fourth-order valence-corrected chi connectivity index (χ4v) is 3.72.